The molecule has 1 aromatic rings. The molecule has 0 atom stereocenters. The Kier molecular flexibility index (Phi) is 3.89. The lowest BCUT2D eigenvalue weighted by Crippen LogP contribution is -2.37. The fraction of sp³-hybridized carbons (Fsp3) is 0.667. The first-order chi connectivity index (χ1) is 8.22. The Morgan fingerprint density at radius 3 is 2.76 bits per heavy atom. The summed E-state index contributed by atoms with van der Waals surface area (Å²) in [6, 6.07) is 0. The molecule has 1 fully saturated rings. The predicted molar refractivity (Wildman–Crippen MR) is 65.6 cm³/mol. The number of hydrogen-bond donors (Lipinski definition) is 1. The zero-order chi connectivity index (χ0) is 12.3. The zero-order valence-corrected chi connectivity index (χ0v) is 10.4. The molecule has 0 bridgehead atoms. The van der Waals surface area contributed by atoms with Crippen molar-refractivity contribution in [2.75, 3.05) is 31.6 Å². The van der Waals surface area contributed by atoms with Gasteiger partial charge < -0.3 is 10.2 Å². The third-order valence-corrected chi connectivity index (χ3v) is 3.35. The number of halogens is 1. The number of anilines is 1. The molecule has 1 saturated heterocycles. The Morgan fingerprint density at radius 2 is 2.12 bits per heavy atom. The second-order valence-corrected chi connectivity index (χ2v) is 4.58. The van der Waals surface area contributed by atoms with E-state index in [1.54, 1.807) is 6.92 Å². The summed E-state index contributed by atoms with van der Waals surface area (Å²) in [6.07, 6.45) is 3.61. The maximum atomic E-state index is 13.9. The van der Waals surface area contributed by atoms with E-state index in [0.29, 0.717) is 17.4 Å². The predicted octanol–water partition coefficient (Wildman–Crippen LogP) is 1.36. The van der Waals surface area contributed by atoms with Crippen LogP contribution in [0.1, 0.15) is 18.5 Å². The molecule has 0 aliphatic carbocycles. The lowest BCUT2D eigenvalue weighted by molar-refractivity contribution is 0.389. The minimum atomic E-state index is -0.278. The van der Waals surface area contributed by atoms with E-state index in [4.69, 9.17) is 0 Å². The van der Waals surface area contributed by atoms with Crippen molar-refractivity contribution < 1.29 is 4.39 Å². The minimum absolute atomic E-state index is 0.278. The van der Waals surface area contributed by atoms with Crippen molar-refractivity contribution in [2.45, 2.75) is 19.8 Å². The molecule has 1 aromatic heterocycles. The first kappa shape index (κ1) is 12.2. The van der Waals surface area contributed by atoms with Crippen molar-refractivity contribution in [2.24, 2.45) is 5.92 Å². The Bertz CT molecular complexity index is 375. The lowest BCUT2D eigenvalue weighted by atomic mass is 9.97. The average Bonchev–Trinajstić information content (AvgIpc) is 2.34. The van der Waals surface area contributed by atoms with Gasteiger partial charge in [-0.3, -0.25) is 0 Å². The third kappa shape index (κ3) is 2.72. The summed E-state index contributed by atoms with van der Waals surface area (Å²) in [6.45, 7) is 4.47. The lowest BCUT2D eigenvalue weighted by Gasteiger charge is -2.32. The number of nitrogens with zero attached hydrogens (tertiary/aromatic N) is 3. The summed E-state index contributed by atoms with van der Waals surface area (Å²) in [5.41, 5.74) is 0.423. The molecule has 4 nitrogen and oxygen atoms in total. The van der Waals surface area contributed by atoms with Crippen molar-refractivity contribution in [1.29, 1.82) is 0 Å². The second kappa shape index (κ2) is 5.40. The zero-order valence-electron chi connectivity index (χ0n) is 10.4. The van der Waals surface area contributed by atoms with Gasteiger partial charge >= 0.3 is 0 Å². The van der Waals surface area contributed by atoms with Gasteiger partial charge in [0.1, 0.15) is 6.33 Å². The molecular weight excluding hydrogens is 219 g/mol. The van der Waals surface area contributed by atoms with Crippen LogP contribution >= 0.6 is 0 Å². The molecule has 1 aliphatic heterocycles. The first-order valence-corrected chi connectivity index (χ1v) is 6.09. The average molecular weight is 238 g/mol. The quantitative estimate of drug-likeness (QED) is 0.863. The largest absolute Gasteiger partial charge is 0.354 e. The van der Waals surface area contributed by atoms with Gasteiger partial charge in [0, 0.05) is 13.1 Å². The molecular formula is C12H19FN4. The Balaban J connectivity index is 2.03. The van der Waals surface area contributed by atoms with Gasteiger partial charge in [0.05, 0.1) is 5.69 Å². The second-order valence-electron chi connectivity index (χ2n) is 4.58. The number of rotatable bonds is 3. The van der Waals surface area contributed by atoms with E-state index in [0.717, 1.165) is 32.5 Å². The van der Waals surface area contributed by atoms with E-state index in [-0.39, 0.29) is 5.82 Å². The number of aromatic nitrogens is 2. The topological polar surface area (TPSA) is 41.0 Å². The molecule has 0 spiro atoms. The highest BCUT2D eigenvalue weighted by molar-refractivity contribution is 5.41. The molecule has 0 aromatic carbocycles. The fourth-order valence-corrected chi connectivity index (χ4v) is 2.30. The van der Waals surface area contributed by atoms with Gasteiger partial charge in [-0.05, 0) is 39.3 Å². The third-order valence-electron chi connectivity index (χ3n) is 3.35. The Hall–Kier alpha value is -1.23. The van der Waals surface area contributed by atoms with E-state index in [2.05, 4.69) is 15.3 Å². The number of piperidine rings is 1. The monoisotopic (exact) mass is 238 g/mol. The fourth-order valence-electron chi connectivity index (χ4n) is 2.30. The molecule has 0 radical (unpaired) electrons. The van der Waals surface area contributed by atoms with Gasteiger partial charge in [-0.15, -0.1) is 0 Å². The smallest absolute Gasteiger partial charge is 0.186 e. The van der Waals surface area contributed by atoms with Crippen molar-refractivity contribution in [3.8, 4) is 0 Å². The molecule has 17 heavy (non-hydrogen) atoms. The van der Waals surface area contributed by atoms with Crippen LogP contribution in [0, 0.1) is 18.7 Å². The van der Waals surface area contributed by atoms with Gasteiger partial charge in [0.2, 0.25) is 0 Å². The maximum Gasteiger partial charge on any atom is 0.186 e. The summed E-state index contributed by atoms with van der Waals surface area (Å²) in [4.78, 5) is 9.94. The Labute approximate surface area is 101 Å². The normalized spacial score (nSPS) is 17.5. The van der Waals surface area contributed by atoms with E-state index >= 15 is 0 Å². The number of nitrogens with one attached hydrogen (secondary N) is 1. The SMILES string of the molecule is CNCC1CCN(c2ncnc(C)c2F)CC1. The number of aryl methyl sites for hydroxylation is 1. The van der Waals surface area contributed by atoms with Crippen LogP contribution in [0.25, 0.3) is 0 Å². The van der Waals surface area contributed by atoms with Crippen LogP contribution in [-0.4, -0.2) is 36.6 Å². The van der Waals surface area contributed by atoms with Crippen molar-refractivity contribution >= 4 is 5.82 Å². The van der Waals surface area contributed by atoms with E-state index < -0.39 is 0 Å². The molecule has 2 heterocycles. The van der Waals surface area contributed by atoms with Crippen LogP contribution in [0.2, 0.25) is 0 Å². The maximum absolute atomic E-state index is 13.9. The Morgan fingerprint density at radius 1 is 1.41 bits per heavy atom. The molecule has 0 unspecified atom stereocenters. The van der Waals surface area contributed by atoms with E-state index in [1.807, 2.05) is 11.9 Å². The highest BCUT2D eigenvalue weighted by Crippen LogP contribution is 2.23. The molecule has 5 heteroatoms. The van der Waals surface area contributed by atoms with Crippen LogP contribution in [0.3, 0.4) is 0 Å². The summed E-state index contributed by atoms with van der Waals surface area (Å²) >= 11 is 0. The summed E-state index contributed by atoms with van der Waals surface area (Å²) < 4.78 is 13.9. The standard InChI is InChI=1S/C12H19FN4/c1-9-11(13)12(16-8-15-9)17-5-3-10(4-6-17)7-14-2/h8,10,14H,3-7H2,1-2H3. The summed E-state index contributed by atoms with van der Waals surface area (Å²) in [5, 5.41) is 3.19. The minimum Gasteiger partial charge on any atom is -0.354 e. The van der Waals surface area contributed by atoms with Gasteiger partial charge in [-0.25, -0.2) is 14.4 Å². The van der Waals surface area contributed by atoms with Crippen LogP contribution in [0.5, 0.6) is 0 Å². The summed E-state index contributed by atoms with van der Waals surface area (Å²) in [5.74, 6) is 0.877. The van der Waals surface area contributed by atoms with Crippen LogP contribution < -0.4 is 10.2 Å². The molecule has 2 rings (SSSR count). The van der Waals surface area contributed by atoms with Crippen LogP contribution in [-0.2, 0) is 0 Å². The van der Waals surface area contributed by atoms with E-state index in [9.17, 15) is 4.39 Å². The highest BCUT2D eigenvalue weighted by Gasteiger charge is 2.22. The van der Waals surface area contributed by atoms with Gasteiger partial charge in [0.15, 0.2) is 11.6 Å². The van der Waals surface area contributed by atoms with Crippen LogP contribution in [0.15, 0.2) is 6.33 Å². The molecule has 94 valence electrons. The van der Waals surface area contributed by atoms with Gasteiger partial charge in [-0.1, -0.05) is 0 Å². The van der Waals surface area contributed by atoms with Gasteiger partial charge in [0.25, 0.3) is 0 Å². The van der Waals surface area contributed by atoms with Crippen molar-refractivity contribution in [3.05, 3.63) is 17.8 Å². The van der Waals surface area contributed by atoms with E-state index in [1.165, 1.54) is 6.33 Å². The molecule has 0 amide bonds. The molecule has 0 saturated carbocycles. The van der Waals surface area contributed by atoms with Crippen LogP contribution in [0.4, 0.5) is 10.2 Å². The molecule has 1 N–H and O–H groups in total. The highest BCUT2D eigenvalue weighted by atomic mass is 19.1. The van der Waals surface area contributed by atoms with Crippen molar-refractivity contribution in [1.82, 2.24) is 15.3 Å². The van der Waals surface area contributed by atoms with Crippen molar-refractivity contribution in [3.63, 3.8) is 0 Å². The van der Waals surface area contributed by atoms with Gasteiger partial charge in [-0.2, -0.15) is 0 Å². The molecule has 1 aliphatic rings. The first-order valence-electron chi connectivity index (χ1n) is 6.09. The summed E-state index contributed by atoms with van der Waals surface area (Å²) in [7, 11) is 1.97. The number of hydrogen-bond acceptors (Lipinski definition) is 4.